The normalized spacial score (nSPS) is 26.9. The molecule has 3 rings (SSSR count). The van der Waals surface area contributed by atoms with E-state index in [0.717, 1.165) is 19.4 Å². The van der Waals surface area contributed by atoms with Gasteiger partial charge in [-0.25, -0.2) is 4.79 Å². The van der Waals surface area contributed by atoms with Gasteiger partial charge in [-0.3, -0.25) is 9.69 Å². The quantitative estimate of drug-likeness (QED) is 0.655. The molecule has 2 unspecified atom stereocenters. The van der Waals surface area contributed by atoms with Crippen molar-refractivity contribution in [1.82, 2.24) is 20.6 Å². The van der Waals surface area contributed by atoms with Crippen LogP contribution < -0.4 is 10.6 Å². The lowest BCUT2D eigenvalue weighted by Gasteiger charge is -2.31. The number of hydrogen-bond donors (Lipinski definition) is 2. The first-order chi connectivity index (χ1) is 14.7. The van der Waals surface area contributed by atoms with E-state index in [1.165, 1.54) is 17.9 Å². The fourth-order valence-electron chi connectivity index (χ4n) is 4.71. The standard InChI is InChI=1S/C22H37N5O4/c1-21(2,3)14-18(24-20(29)31-27-10-12-30-13-11-27)19(28)25-22(15-23)8-9-26(16-22)17-6-4-5-7-17/h17-18H,4-14,16H2,1-3H3,(H,24,29)(H,25,28). The molecule has 1 saturated carbocycles. The summed E-state index contributed by atoms with van der Waals surface area (Å²) < 4.78 is 5.26. The van der Waals surface area contributed by atoms with Gasteiger partial charge in [0.2, 0.25) is 5.91 Å². The van der Waals surface area contributed by atoms with Crippen LogP contribution in [-0.2, 0) is 14.4 Å². The summed E-state index contributed by atoms with van der Waals surface area (Å²) in [7, 11) is 0. The van der Waals surface area contributed by atoms with E-state index in [0.29, 0.717) is 51.7 Å². The Kier molecular flexibility index (Phi) is 7.78. The van der Waals surface area contributed by atoms with Gasteiger partial charge in [0.05, 0.1) is 32.4 Å². The molecule has 2 atom stereocenters. The molecule has 3 fully saturated rings. The lowest BCUT2D eigenvalue weighted by molar-refractivity contribution is -0.147. The highest BCUT2D eigenvalue weighted by molar-refractivity contribution is 5.86. The maximum Gasteiger partial charge on any atom is 0.426 e. The van der Waals surface area contributed by atoms with E-state index in [2.05, 4.69) is 21.6 Å². The van der Waals surface area contributed by atoms with Gasteiger partial charge in [0.25, 0.3) is 0 Å². The van der Waals surface area contributed by atoms with Crippen LogP contribution in [0.3, 0.4) is 0 Å². The topological polar surface area (TPSA) is 107 Å². The molecule has 31 heavy (non-hydrogen) atoms. The molecule has 1 aliphatic carbocycles. The van der Waals surface area contributed by atoms with E-state index in [9.17, 15) is 14.9 Å². The maximum atomic E-state index is 13.2. The maximum absolute atomic E-state index is 13.2. The number of nitrogens with zero attached hydrogens (tertiary/aromatic N) is 3. The van der Waals surface area contributed by atoms with E-state index in [1.54, 1.807) is 0 Å². The highest BCUT2D eigenvalue weighted by atomic mass is 16.7. The van der Waals surface area contributed by atoms with Gasteiger partial charge in [-0.15, -0.1) is 5.06 Å². The largest absolute Gasteiger partial charge is 0.426 e. The zero-order valence-corrected chi connectivity index (χ0v) is 19.1. The summed E-state index contributed by atoms with van der Waals surface area (Å²) in [5.74, 6) is -0.330. The van der Waals surface area contributed by atoms with Gasteiger partial charge >= 0.3 is 6.09 Å². The van der Waals surface area contributed by atoms with Crippen molar-refractivity contribution in [2.75, 3.05) is 39.4 Å². The van der Waals surface area contributed by atoms with Crippen LogP contribution in [0, 0.1) is 16.7 Å². The molecule has 9 heteroatoms. The Bertz CT molecular complexity index is 676. The van der Waals surface area contributed by atoms with Gasteiger partial charge < -0.3 is 20.2 Å². The smallest absolute Gasteiger partial charge is 0.379 e. The summed E-state index contributed by atoms with van der Waals surface area (Å²) >= 11 is 0. The summed E-state index contributed by atoms with van der Waals surface area (Å²) in [5.41, 5.74) is -1.11. The van der Waals surface area contributed by atoms with Crippen molar-refractivity contribution >= 4 is 12.0 Å². The van der Waals surface area contributed by atoms with Crippen molar-refractivity contribution in [2.45, 2.75) is 76.9 Å². The van der Waals surface area contributed by atoms with Crippen LogP contribution in [0.4, 0.5) is 4.79 Å². The van der Waals surface area contributed by atoms with Gasteiger partial charge in [-0.05, 0) is 31.1 Å². The number of nitriles is 1. The van der Waals surface area contributed by atoms with E-state index in [1.807, 2.05) is 20.8 Å². The van der Waals surface area contributed by atoms with E-state index in [4.69, 9.17) is 9.57 Å². The van der Waals surface area contributed by atoms with Crippen LogP contribution in [0.5, 0.6) is 0 Å². The molecule has 2 saturated heterocycles. The first-order valence-electron chi connectivity index (χ1n) is 11.5. The van der Waals surface area contributed by atoms with Gasteiger partial charge in [-0.1, -0.05) is 33.6 Å². The van der Waals surface area contributed by atoms with E-state index < -0.39 is 17.7 Å². The molecule has 0 bridgehead atoms. The monoisotopic (exact) mass is 435 g/mol. The third-order valence-electron chi connectivity index (χ3n) is 6.32. The van der Waals surface area contributed by atoms with Crippen LogP contribution in [0.25, 0.3) is 0 Å². The predicted molar refractivity (Wildman–Crippen MR) is 115 cm³/mol. The zero-order chi connectivity index (χ0) is 22.5. The summed E-state index contributed by atoms with van der Waals surface area (Å²) in [6.45, 7) is 9.40. The summed E-state index contributed by atoms with van der Waals surface area (Å²) in [4.78, 5) is 33.4. The van der Waals surface area contributed by atoms with Gasteiger partial charge in [-0.2, -0.15) is 5.26 Å². The van der Waals surface area contributed by atoms with Crippen molar-refractivity contribution in [3.8, 4) is 6.07 Å². The number of hydroxylamine groups is 2. The molecular weight excluding hydrogens is 398 g/mol. The number of likely N-dealkylation sites (tertiary alicyclic amines) is 1. The highest BCUT2D eigenvalue weighted by Gasteiger charge is 2.44. The first-order valence-corrected chi connectivity index (χ1v) is 11.5. The summed E-state index contributed by atoms with van der Waals surface area (Å²) in [6, 6.07) is 2.09. The van der Waals surface area contributed by atoms with E-state index >= 15 is 0 Å². The fourth-order valence-corrected chi connectivity index (χ4v) is 4.71. The van der Waals surface area contributed by atoms with Crippen LogP contribution >= 0.6 is 0 Å². The van der Waals surface area contributed by atoms with Gasteiger partial charge in [0.1, 0.15) is 11.6 Å². The molecule has 9 nitrogen and oxygen atoms in total. The molecule has 2 N–H and O–H groups in total. The fraction of sp³-hybridized carbons (Fsp3) is 0.864. The SMILES string of the molecule is CC(C)(C)CC(NC(=O)ON1CCOCC1)C(=O)NC1(C#N)CCN(C2CCCC2)C1. The van der Waals surface area contributed by atoms with Gasteiger partial charge in [0, 0.05) is 19.1 Å². The van der Waals surface area contributed by atoms with Crippen molar-refractivity contribution < 1.29 is 19.2 Å². The minimum absolute atomic E-state index is 0.195. The Morgan fingerprint density at radius 3 is 2.52 bits per heavy atom. The number of hydrogen-bond acceptors (Lipinski definition) is 7. The molecule has 0 spiro atoms. The Morgan fingerprint density at radius 2 is 1.90 bits per heavy atom. The number of ether oxygens (including phenoxy) is 1. The lowest BCUT2D eigenvalue weighted by atomic mass is 9.87. The molecule has 0 aromatic rings. The van der Waals surface area contributed by atoms with Crippen molar-refractivity contribution in [2.24, 2.45) is 5.41 Å². The molecule has 2 heterocycles. The second-order valence-corrected chi connectivity index (χ2v) is 10.2. The Morgan fingerprint density at radius 1 is 1.23 bits per heavy atom. The minimum atomic E-state index is -0.911. The molecule has 174 valence electrons. The minimum Gasteiger partial charge on any atom is -0.379 e. The number of morpholine rings is 1. The Hall–Kier alpha value is -1.89. The molecule has 0 aromatic heterocycles. The van der Waals surface area contributed by atoms with Crippen LogP contribution in [0.1, 0.15) is 59.3 Å². The number of carbonyl (C=O) groups excluding carboxylic acids is 2. The number of carbonyl (C=O) groups is 2. The summed E-state index contributed by atoms with van der Waals surface area (Å²) in [5, 5.41) is 17.2. The van der Waals surface area contributed by atoms with Crippen LogP contribution in [-0.4, -0.2) is 79.0 Å². The van der Waals surface area contributed by atoms with Crippen LogP contribution in [0.15, 0.2) is 0 Å². The van der Waals surface area contributed by atoms with E-state index in [-0.39, 0.29) is 11.3 Å². The van der Waals surface area contributed by atoms with Crippen molar-refractivity contribution in [3.63, 3.8) is 0 Å². The second kappa shape index (κ2) is 10.2. The number of rotatable bonds is 6. The molecular formula is C22H37N5O4. The third-order valence-corrected chi connectivity index (χ3v) is 6.32. The summed E-state index contributed by atoms with van der Waals surface area (Å²) in [6.07, 6.45) is 5.17. The number of amides is 2. The van der Waals surface area contributed by atoms with Crippen molar-refractivity contribution in [1.29, 1.82) is 5.26 Å². The van der Waals surface area contributed by atoms with Gasteiger partial charge in [0.15, 0.2) is 0 Å². The molecule has 0 aromatic carbocycles. The average Bonchev–Trinajstić information content (AvgIpc) is 3.37. The first kappa shape index (κ1) is 23.8. The molecule has 2 aliphatic heterocycles. The molecule has 3 aliphatic rings. The third kappa shape index (κ3) is 6.79. The Labute approximate surface area is 185 Å². The Balaban J connectivity index is 1.61. The zero-order valence-electron chi connectivity index (χ0n) is 19.1. The molecule has 0 radical (unpaired) electrons. The second-order valence-electron chi connectivity index (χ2n) is 10.2. The lowest BCUT2D eigenvalue weighted by Crippen LogP contribution is -2.57. The molecule has 2 amide bonds. The number of nitrogens with one attached hydrogen (secondary N) is 2. The highest BCUT2D eigenvalue weighted by Crippen LogP contribution is 2.30. The van der Waals surface area contributed by atoms with Crippen molar-refractivity contribution in [3.05, 3.63) is 0 Å². The predicted octanol–water partition coefficient (Wildman–Crippen LogP) is 1.79. The average molecular weight is 436 g/mol. The van der Waals surface area contributed by atoms with Crippen LogP contribution in [0.2, 0.25) is 0 Å².